The van der Waals surface area contributed by atoms with E-state index >= 15 is 0 Å². The van der Waals surface area contributed by atoms with Crippen molar-refractivity contribution < 1.29 is 24.0 Å². The minimum atomic E-state index is -1.26. The second kappa shape index (κ2) is 5.59. The van der Waals surface area contributed by atoms with Crippen LogP contribution in [-0.4, -0.2) is 21.0 Å². The summed E-state index contributed by atoms with van der Waals surface area (Å²) >= 11 is 6.23. The minimum absolute atomic E-state index is 0.144. The first-order valence-corrected chi connectivity index (χ1v) is 6.47. The van der Waals surface area contributed by atoms with Crippen LogP contribution in [0.4, 0.5) is 5.69 Å². The Morgan fingerprint density at radius 1 is 1.40 bits per heavy atom. The summed E-state index contributed by atoms with van der Waals surface area (Å²) in [6.45, 7) is 0. The number of carboxylic acids is 1. The van der Waals surface area contributed by atoms with E-state index < -0.39 is 10.9 Å². The molecule has 0 aliphatic carbocycles. The van der Waals surface area contributed by atoms with Crippen LogP contribution in [0.3, 0.4) is 0 Å². The number of ether oxygens (including phenoxy) is 1. The van der Waals surface area contributed by atoms with Crippen molar-refractivity contribution in [1.29, 1.82) is 0 Å². The number of non-ortho nitro benzene ring substituents is 1. The molecule has 104 valence electrons. The van der Waals surface area contributed by atoms with E-state index in [9.17, 15) is 14.9 Å². The second-order valence-corrected chi connectivity index (χ2v) is 5.11. The Morgan fingerprint density at radius 2 is 2.00 bits per heavy atom. The molecule has 0 aliphatic heterocycles. The molecule has 2 aromatic rings. The van der Waals surface area contributed by atoms with Gasteiger partial charge >= 0.3 is 12.0 Å². The number of carboxylic acid groups (broad SMARTS) is 1. The highest BCUT2D eigenvalue weighted by Crippen LogP contribution is 2.39. The van der Waals surface area contributed by atoms with Gasteiger partial charge in [-0.25, -0.2) is 4.79 Å². The third-order valence-corrected chi connectivity index (χ3v) is 3.26. The predicted octanol–water partition coefficient (Wildman–Crippen LogP) is 3.60. The third-order valence-electron chi connectivity index (χ3n) is 2.09. The lowest BCUT2D eigenvalue weighted by Gasteiger charge is -2.06. The molecule has 8 nitrogen and oxygen atoms in total. The summed E-state index contributed by atoms with van der Waals surface area (Å²) < 4.78 is 10.6. The number of benzene rings is 1. The first-order chi connectivity index (χ1) is 9.38. The molecule has 2 rings (SSSR count). The predicted molar refractivity (Wildman–Crippen MR) is 72.0 cm³/mol. The van der Waals surface area contributed by atoms with E-state index in [4.69, 9.17) is 14.3 Å². The normalized spacial score (nSPS) is 10.3. The number of rotatable bonds is 4. The van der Waals surface area contributed by atoms with E-state index in [0.717, 1.165) is 6.26 Å². The van der Waals surface area contributed by atoms with Crippen LogP contribution in [0.5, 0.6) is 11.8 Å². The van der Waals surface area contributed by atoms with E-state index in [1.54, 1.807) is 0 Å². The molecular weight excluding hydrogens is 404 g/mol. The summed E-state index contributed by atoms with van der Waals surface area (Å²) in [5.41, 5.74) is -0.455. The molecule has 0 saturated heterocycles. The molecule has 20 heavy (non-hydrogen) atoms. The van der Waals surface area contributed by atoms with Gasteiger partial charge in [0, 0.05) is 12.1 Å². The van der Waals surface area contributed by atoms with Gasteiger partial charge in [0.15, 0.2) is 11.4 Å². The summed E-state index contributed by atoms with van der Waals surface area (Å²) in [4.78, 5) is 24.3. The Balaban J connectivity index is 2.33. The molecule has 0 amide bonds. The summed E-state index contributed by atoms with van der Waals surface area (Å²) in [6.07, 6.45) is 0.628. The fourth-order valence-corrected chi connectivity index (χ4v) is 2.56. The van der Waals surface area contributed by atoms with Gasteiger partial charge in [-0.3, -0.25) is 10.1 Å². The molecule has 1 N–H and O–H groups in total. The van der Waals surface area contributed by atoms with E-state index in [1.807, 2.05) is 0 Å². The standard InChI is InChI=1S/C10H4Br2N2O6/c11-5-1-4(14(17)18)2-6(12)8(5)20-10-13-7(3-19-10)9(15)16/h1-3H,(H,15,16). The van der Waals surface area contributed by atoms with Gasteiger partial charge in [-0.1, -0.05) is 0 Å². The highest BCUT2D eigenvalue weighted by Gasteiger charge is 2.18. The van der Waals surface area contributed by atoms with Crippen LogP contribution in [0.25, 0.3) is 0 Å². The number of aromatic carboxylic acids is 1. The van der Waals surface area contributed by atoms with Gasteiger partial charge in [-0.15, -0.1) is 0 Å². The van der Waals surface area contributed by atoms with Crippen LogP contribution < -0.4 is 4.74 Å². The van der Waals surface area contributed by atoms with Crippen molar-refractivity contribution in [2.75, 3.05) is 0 Å². The maximum Gasteiger partial charge on any atom is 0.399 e. The van der Waals surface area contributed by atoms with Crippen LogP contribution in [0.2, 0.25) is 0 Å². The number of nitro benzene ring substituents is 1. The highest BCUT2D eigenvalue weighted by molar-refractivity contribution is 9.11. The quantitative estimate of drug-likeness (QED) is 0.607. The van der Waals surface area contributed by atoms with Crippen molar-refractivity contribution in [3.63, 3.8) is 0 Å². The highest BCUT2D eigenvalue weighted by atomic mass is 79.9. The summed E-state index contributed by atoms with van der Waals surface area (Å²) in [7, 11) is 0. The zero-order valence-electron chi connectivity index (χ0n) is 9.37. The van der Waals surface area contributed by atoms with Crippen molar-refractivity contribution in [2.24, 2.45) is 0 Å². The molecule has 0 spiro atoms. The maximum atomic E-state index is 10.7. The molecule has 0 radical (unpaired) electrons. The number of nitrogens with zero attached hydrogens (tertiary/aromatic N) is 2. The number of halogens is 2. The molecule has 0 unspecified atom stereocenters. The minimum Gasteiger partial charge on any atom is -0.476 e. The number of hydrogen-bond acceptors (Lipinski definition) is 6. The molecule has 0 atom stereocenters. The van der Waals surface area contributed by atoms with Crippen molar-refractivity contribution in [3.8, 4) is 11.8 Å². The topological polar surface area (TPSA) is 116 Å². The largest absolute Gasteiger partial charge is 0.476 e. The molecule has 1 aromatic carbocycles. The number of nitro groups is 1. The molecule has 0 bridgehead atoms. The fraction of sp³-hybridized carbons (Fsp3) is 0. The Labute approximate surface area is 127 Å². The monoisotopic (exact) mass is 406 g/mol. The Bertz CT molecular complexity index is 676. The van der Waals surface area contributed by atoms with Crippen molar-refractivity contribution >= 4 is 43.5 Å². The van der Waals surface area contributed by atoms with Gasteiger partial charge in [0.05, 0.1) is 13.9 Å². The SMILES string of the molecule is O=C(O)c1coc(Oc2c(Br)cc([N+](=O)[O-])cc2Br)n1. The number of hydrogen-bond donors (Lipinski definition) is 1. The average molecular weight is 408 g/mol. The van der Waals surface area contributed by atoms with Gasteiger partial charge < -0.3 is 14.3 Å². The zero-order chi connectivity index (χ0) is 14.9. The van der Waals surface area contributed by atoms with Gasteiger partial charge in [-0.05, 0) is 31.9 Å². The van der Waals surface area contributed by atoms with Crippen LogP contribution in [0.1, 0.15) is 10.5 Å². The summed E-state index contributed by atoms with van der Waals surface area (Å²) in [5, 5.41) is 19.4. The first kappa shape index (κ1) is 14.5. The Morgan fingerprint density at radius 3 is 2.45 bits per heavy atom. The van der Waals surface area contributed by atoms with Crippen molar-refractivity contribution in [2.45, 2.75) is 0 Å². The zero-order valence-corrected chi connectivity index (χ0v) is 12.5. The van der Waals surface area contributed by atoms with Gasteiger partial charge in [-0.2, -0.15) is 4.98 Å². The van der Waals surface area contributed by atoms with E-state index in [-0.39, 0.29) is 32.2 Å². The van der Waals surface area contributed by atoms with Crippen LogP contribution >= 0.6 is 31.9 Å². The van der Waals surface area contributed by atoms with E-state index in [0.29, 0.717) is 0 Å². The van der Waals surface area contributed by atoms with E-state index in [2.05, 4.69) is 36.8 Å². The molecule has 1 aromatic heterocycles. The Kier molecular flexibility index (Phi) is 4.04. The maximum absolute atomic E-state index is 10.7. The van der Waals surface area contributed by atoms with Gasteiger partial charge in [0.1, 0.15) is 6.26 Å². The lowest BCUT2D eigenvalue weighted by molar-refractivity contribution is -0.385. The van der Waals surface area contributed by atoms with Gasteiger partial charge in [0.2, 0.25) is 0 Å². The van der Waals surface area contributed by atoms with E-state index in [1.165, 1.54) is 12.1 Å². The lowest BCUT2D eigenvalue weighted by atomic mass is 10.3. The number of aromatic nitrogens is 1. The molecular formula is C10H4Br2N2O6. The second-order valence-electron chi connectivity index (χ2n) is 3.40. The molecule has 10 heteroatoms. The van der Waals surface area contributed by atoms with Crippen LogP contribution in [0.15, 0.2) is 31.8 Å². The fourth-order valence-electron chi connectivity index (χ4n) is 1.24. The van der Waals surface area contributed by atoms with Crippen LogP contribution in [-0.2, 0) is 0 Å². The smallest absolute Gasteiger partial charge is 0.399 e. The lowest BCUT2D eigenvalue weighted by Crippen LogP contribution is -1.96. The third kappa shape index (κ3) is 2.96. The first-order valence-electron chi connectivity index (χ1n) is 4.88. The van der Waals surface area contributed by atoms with Crippen LogP contribution in [0, 0.1) is 10.1 Å². The Hall–Kier alpha value is -1.94. The average Bonchev–Trinajstić information content (AvgIpc) is 2.82. The summed E-state index contributed by atoms with van der Waals surface area (Å²) in [5.74, 6) is -1.08. The number of carbonyl (C=O) groups is 1. The molecule has 1 heterocycles. The van der Waals surface area contributed by atoms with Crippen molar-refractivity contribution in [1.82, 2.24) is 4.98 Å². The summed E-state index contributed by atoms with van der Waals surface area (Å²) in [6, 6.07) is 2.47. The molecule has 0 saturated carbocycles. The van der Waals surface area contributed by atoms with Crippen molar-refractivity contribution in [3.05, 3.63) is 43.1 Å². The number of oxazole rings is 1. The molecule has 0 fully saturated rings. The molecule has 0 aliphatic rings. The van der Waals surface area contributed by atoms with Gasteiger partial charge in [0.25, 0.3) is 5.69 Å².